The van der Waals surface area contributed by atoms with Gasteiger partial charge in [0, 0.05) is 18.6 Å². The molecule has 94 valence electrons. The maximum atomic E-state index is 3.62. The van der Waals surface area contributed by atoms with Gasteiger partial charge in [-0.1, -0.05) is 20.3 Å². The summed E-state index contributed by atoms with van der Waals surface area (Å²) < 4.78 is 0. The number of piperidine rings is 2. The lowest BCUT2D eigenvalue weighted by Gasteiger charge is -2.44. The number of nitrogens with zero attached hydrogens (tertiary/aromatic N) is 1. The highest BCUT2D eigenvalue weighted by Gasteiger charge is 2.32. The molecule has 0 radical (unpaired) electrons. The number of hydrogen-bond donors (Lipinski definition) is 1. The number of nitrogens with one attached hydrogen (secondary N) is 1. The average molecular weight is 224 g/mol. The normalized spacial score (nSPS) is 36.2. The molecule has 2 aliphatic rings. The molecular formula is C14H28N2. The molecule has 2 unspecified atom stereocenters. The van der Waals surface area contributed by atoms with Crippen LogP contribution in [0.2, 0.25) is 0 Å². The molecule has 2 rings (SSSR count). The molecule has 2 heterocycles. The monoisotopic (exact) mass is 224 g/mol. The number of hydrogen-bond acceptors (Lipinski definition) is 2. The molecular weight excluding hydrogens is 196 g/mol. The highest BCUT2D eigenvalue weighted by atomic mass is 15.2. The summed E-state index contributed by atoms with van der Waals surface area (Å²) in [6.45, 7) is 11.0. The van der Waals surface area contributed by atoms with E-state index >= 15 is 0 Å². The van der Waals surface area contributed by atoms with Crippen LogP contribution < -0.4 is 5.32 Å². The zero-order valence-corrected chi connectivity index (χ0v) is 11.3. The SMILES string of the molecule is CCC1(C)CCN(C2CCC(C)NC2)CC1. The van der Waals surface area contributed by atoms with Gasteiger partial charge >= 0.3 is 0 Å². The van der Waals surface area contributed by atoms with Gasteiger partial charge in [-0.05, 0) is 51.1 Å². The fourth-order valence-electron chi connectivity index (χ4n) is 3.08. The summed E-state index contributed by atoms with van der Waals surface area (Å²) in [4.78, 5) is 2.73. The van der Waals surface area contributed by atoms with E-state index < -0.39 is 0 Å². The molecule has 0 aliphatic carbocycles. The standard InChI is InChI=1S/C14H28N2/c1-4-14(3)7-9-16(10-8-14)13-6-5-12(2)15-11-13/h12-13,15H,4-11H2,1-3H3. The summed E-state index contributed by atoms with van der Waals surface area (Å²) in [5, 5.41) is 3.62. The second-order valence-electron chi connectivity index (χ2n) is 6.24. The van der Waals surface area contributed by atoms with Crippen LogP contribution in [0, 0.1) is 5.41 Å². The molecule has 2 nitrogen and oxygen atoms in total. The quantitative estimate of drug-likeness (QED) is 0.776. The van der Waals surface area contributed by atoms with Crippen molar-refractivity contribution in [2.75, 3.05) is 19.6 Å². The van der Waals surface area contributed by atoms with E-state index in [4.69, 9.17) is 0 Å². The van der Waals surface area contributed by atoms with Gasteiger partial charge in [0.1, 0.15) is 0 Å². The summed E-state index contributed by atoms with van der Waals surface area (Å²) in [7, 11) is 0. The molecule has 0 saturated carbocycles. The first-order valence-electron chi connectivity index (χ1n) is 7.10. The Hall–Kier alpha value is -0.0800. The van der Waals surface area contributed by atoms with Crippen LogP contribution in [0.15, 0.2) is 0 Å². The van der Waals surface area contributed by atoms with Gasteiger partial charge in [-0.25, -0.2) is 0 Å². The molecule has 2 fully saturated rings. The Morgan fingerprint density at radius 3 is 2.44 bits per heavy atom. The molecule has 0 aromatic heterocycles. The first kappa shape index (κ1) is 12.4. The molecule has 2 aliphatic heterocycles. The molecule has 2 atom stereocenters. The number of rotatable bonds is 2. The van der Waals surface area contributed by atoms with Crippen molar-refractivity contribution in [3.05, 3.63) is 0 Å². The van der Waals surface area contributed by atoms with Gasteiger partial charge in [0.2, 0.25) is 0 Å². The maximum absolute atomic E-state index is 3.62. The van der Waals surface area contributed by atoms with Crippen LogP contribution in [0.3, 0.4) is 0 Å². The van der Waals surface area contributed by atoms with Crippen molar-refractivity contribution < 1.29 is 0 Å². The van der Waals surface area contributed by atoms with E-state index in [0.29, 0.717) is 5.41 Å². The lowest BCUT2D eigenvalue weighted by atomic mass is 9.77. The fraction of sp³-hybridized carbons (Fsp3) is 1.00. The Balaban J connectivity index is 1.80. The minimum Gasteiger partial charge on any atom is -0.313 e. The maximum Gasteiger partial charge on any atom is 0.0221 e. The Kier molecular flexibility index (Phi) is 3.91. The molecule has 0 amide bonds. The highest BCUT2D eigenvalue weighted by Crippen LogP contribution is 2.35. The Bertz CT molecular complexity index is 211. The van der Waals surface area contributed by atoms with E-state index in [2.05, 4.69) is 31.0 Å². The highest BCUT2D eigenvalue weighted by molar-refractivity contribution is 4.88. The summed E-state index contributed by atoms with van der Waals surface area (Å²) in [6.07, 6.45) is 6.90. The molecule has 16 heavy (non-hydrogen) atoms. The Morgan fingerprint density at radius 2 is 1.94 bits per heavy atom. The van der Waals surface area contributed by atoms with E-state index in [1.54, 1.807) is 0 Å². The molecule has 2 heteroatoms. The van der Waals surface area contributed by atoms with Crippen molar-refractivity contribution in [3.63, 3.8) is 0 Å². The first-order valence-corrected chi connectivity index (χ1v) is 7.10. The third kappa shape index (κ3) is 2.78. The van der Waals surface area contributed by atoms with Gasteiger partial charge in [-0.15, -0.1) is 0 Å². The summed E-state index contributed by atoms with van der Waals surface area (Å²) >= 11 is 0. The van der Waals surface area contributed by atoms with E-state index in [9.17, 15) is 0 Å². The van der Waals surface area contributed by atoms with Gasteiger partial charge in [0.05, 0.1) is 0 Å². The Morgan fingerprint density at radius 1 is 1.25 bits per heavy atom. The predicted octanol–water partition coefficient (Wildman–Crippen LogP) is 2.64. The third-order valence-corrected chi connectivity index (χ3v) is 5.01. The minimum atomic E-state index is 0.631. The van der Waals surface area contributed by atoms with Crippen LogP contribution in [0.5, 0.6) is 0 Å². The second kappa shape index (κ2) is 5.05. The second-order valence-corrected chi connectivity index (χ2v) is 6.24. The van der Waals surface area contributed by atoms with Crippen LogP contribution in [-0.4, -0.2) is 36.6 Å². The summed E-state index contributed by atoms with van der Waals surface area (Å²) in [5.74, 6) is 0. The van der Waals surface area contributed by atoms with Gasteiger partial charge < -0.3 is 5.32 Å². The van der Waals surface area contributed by atoms with Gasteiger partial charge in [-0.2, -0.15) is 0 Å². The van der Waals surface area contributed by atoms with Gasteiger partial charge in [0.15, 0.2) is 0 Å². The third-order valence-electron chi connectivity index (χ3n) is 5.01. The van der Waals surface area contributed by atoms with Crippen LogP contribution in [0.4, 0.5) is 0 Å². The molecule has 2 saturated heterocycles. The van der Waals surface area contributed by atoms with E-state index in [-0.39, 0.29) is 0 Å². The van der Waals surface area contributed by atoms with Crippen LogP contribution in [0.25, 0.3) is 0 Å². The smallest absolute Gasteiger partial charge is 0.0221 e. The number of likely N-dealkylation sites (tertiary alicyclic amines) is 1. The lowest BCUT2D eigenvalue weighted by Crippen LogP contribution is -2.52. The van der Waals surface area contributed by atoms with Crippen molar-refractivity contribution in [3.8, 4) is 0 Å². The van der Waals surface area contributed by atoms with Crippen molar-refractivity contribution in [1.29, 1.82) is 0 Å². The van der Waals surface area contributed by atoms with Gasteiger partial charge in [-0.3, -0.25) is 4.90 Å². The molecule has 0 bridgehead atoms. The van der Waals surface area contributed by atoms with Crippen LogP contribution in [-0.2, 0) is 0 Å². The zero-order chi connectivity index (χ0) is 11.6. The summed E-state index contributed by atoms with van der Waals surface area (Å²) in [5.41, 5.74) is 0.631. The van der Waals surface area contributed by atoms with Crippen molar-refractivity contribution in [1.82, 2.24) is 10.2 Å². The van der Waals surface area contributed by atoms with Crippen molar-refractivity contribution in [2.24, 2.45) is 5.41 Å². The van der Waals surface area contributed by atoms with E-state index in [1.807, 2.05) is 0 Å². The lowest BCUT2D eigenvalue weighted by molar-refractivity contribution is 0.0663. The van der Waals surface area contributed by atoms with Crippen molar-refractivity contribution in [2.45, 2.75) is 65.0 Å². The fourth-order valence-corrected chi connectivity index (χ4v) is 3.08. The molecule has 0 spiro atoms. The van der Waals surface area contributed by atoms with E-state index in [0.717, 1.165) is 12.1 Å². The molecule has 1 N–H and O–H groups in total. The molecule has 0 aromatic carbocycles. The van der Waals surface area contributed by atoms with E-state index in [1.165, 1.54) is 51.7 Å². The topological polar surface area (TPSA) is 15.3 Å². The zero-order valence-electron chi connectivity index (χ0n) is 11.3. The predicted molar refractivity (Wildman–Crippen MR) is 69.7 cm³/mol. The average Bonchev–Trinajstić information content (AvgIpc) is 2.32. The van der Waals surface area contributed by atoms with Gasteiger partial charge in [0.25, 0.3) is 0 Å². The van der Waals surface area contributed by atoms with Crippen molar-refractivity contribution >= 4 is 0 Å². The largest absolute Gasteiger partial charge is 0.313 e. The summed E-state index contributed by atoms with van der Waals surface area (Å²) in [6, 6.07) is 1.56. The molecule has 0 aromatic rings. The first-order chi connectivity index (χ1) is 7.63. The van der Waals surface area contributed by atoms with Crippen LogP contribution in [0.1, 0.15) is 52.9 Å². The van der Waals surface area contributed by atoms with Crippen LogP contribution >= 0.6 is 0 Å². The Labute approximate surface area is 101 Å². The minimum absolute atomic E-state index is 0.631.